The lowest BCUT2D eigenvalue weighted by atomic mass is 10.0. The van der Waals surface area contributed by atoms with Crippen LogP contribution in [0.3, 0.4) is 0 Å². The van der Waals surface area contributed by atoms with Crippen LogP contribution in [-0.4, -0.2) is 43.8 Å². The van der Waals surface area contributed by atoms with Crippen molar-refractivity contribution in [3.8, 4) is 5.75 Å². The third kappa shape index (κ3) is 6.10. The molecule has 2 heterocycles. The number of methoxy groups -OCH3 is 1. The summed E-state index contributed by atoms with van der Waals surface area (Å²) >= 11 is 0. The first-order valence-corrected chi connectivity index (χ1v) is 12.5. The highest BCUT2D eigenvalue weighted by Gasteiger charge is 2.32. The van der Waals surface area contributed by atoms with Gasteiger partial charge in [-0.2, -0.15) is 0 Å². The number of carbonyl (C=O) groups excluding carboxylic acids is 2. The van der Waals surface area contributed by atoms with E-state index in [0.29, 0.717) is 23.4 Å². The van der Waals surface area contributed by atoms with E-state index in [2.05, 4.69) is 20.6 Å². The summed E-state index contributed by atoms with van der Waals surface area (Å²) in [6.07, 6.45) is 3.36. The second kappa shape index (κ2) is 12.0. The van der Waals surface area contributed by atoms with Crippen molar-refractivity contribution in [1.29, 1.82) is 0 Å². The minimum Gasteiger partial charge on any atom is -0.497 e. The fourth-order valence-corrected chi connectivity index (χ4v) is 4.41. The Labute approximate surface area is 226 Å². The molecule has 9 heteroatoms. The molecule has 0 spiro atoms. The van der Waals surface area contributed by atoms with Crippen molar-refractivity contribution in [1.82, 2.24) is 30.2 Å². The van der Waals surface area contributed by atoms with E-state index >= 15 is 0 Å². The van der Waals surface area contributed by atoms with Gasteiger partial charge in [-0.1, -0.05) is 65.9 Å². The predicted molar refractivity (Wildman–Crippen MR) is 146 cm³/mol. The van der Waals surface area contributed by atoms with Gasteiger partial charge in [-0.05, 0) is 47.0 Å². The second-order valence-electron chi connectivity index (χ2n) is 9.00. The van der Waals surface area contributed by atoms with Crippen molar-refractivity contribution in [2.75, 3.05) is 7.11 Å². The highest BCUT2D eigenvalue weighted by atomic mass is 16.5. The van der Waals surface area contributed by atoms with Gasteiger partial charge in [-0.15, -0.1) is 5.10 Å². The molecule has 1 atom stereocenters. The summed E-state index contributed by atoms with van der Waals surface area (Å²) in [7, 11) is 1.58. The number of amides is 2. The van der Waals surface area contributed by atoms with E-state index < -0.39 is 6.04 Å². The standard InChI is InChI=1S/C30H28N6O3/c1-39-25-15-13-24(14-16-25)29(30(38)32-19-22-8-3-2-4-9-22)35(20-23-10-7-17-31-18-23)28(37)21-36-27-12-6-5-11-26(27)33-34-36/h2-18,29H,19-21H2,1H3,(H,32,38)/t29-/m1/s1. The summed E-state index contributed by atoms with van der Waals surface area (Å²) in [5.41, 5.74) is 3.84. The monoisotopic (exact) mass is 520 g/mol. The van der Waals surface area contributed by atoms with E-state index in [1.807, 2.05) is 60.7 Å². The van der Waals surface area contributed by atoms with Crippen LogP contribution in [0.1, 0.15) is 22.7 Å². The lowest BCUT2D eigenvalue weighted by Crippen LogP contribution is -2.44. The van der Waals surface area contributed by atoms with Gasteiger partial charge in [0.15, 0.2) is 0 Å². The molecule has 0 saturated carbocycles. The zero-order chi connectivity index (χ0) is 27.0. The number of hydrogen-bond acceptors (Lipinski definition) is 6. The van der Waals surface area contributed by atoms with E-state index in [9.17, 15) is 9.59 Å². The van der Waals surface area contributed by atoms with E-state index in [-0.39, 0.29) is 24.9 Å². The minimum absolute atomic E-state index is 0.0839. The Kier molecular flexibility index (Phi) is 7.87. The fourth-order valence-electron chi connectivity index (χ4n) is 4.41. The molecule has 0 bridgehead atoms. The largest absolute Gasteiger partial charge is 0.497 e. The van der Waals surface area contributed by atoms with Crippen molar-refractivity contribution < 1.29 is 14.3 Å². The molecule has 0 unspecified atom stereocenters. The number of nitrogens with one attached hydrogen (secondary N) is 1. The number of ether oxygens (including phenoxy) is 1. The summed E-state index contributed by atoms with van der Waals surface area (Å²) in [5.74, 6) is 0.0660. The van der Waals surface area contributed by atoms with Crippen LogP contribution in [0.2, 0.25) is 0 Å². The molecule has 0 aliphatic carbocycles. The van der Waals surface area contributed by atoms with Gasteiger partial charge in [0.05, 0.1) is 12.6 Å². The van der Waals surface area contributed by atoms with Crippen molar-refractivity contribution in [3.05, 3.63) is 120 Å². The molecule has 0 aliphatic rings. The highest BCUT2D eigenvalue weighted by Crippen LogP contribution is 2.26. The number of hydrogen-bond donors (Lipinski definition) is 1. The van der Waals surface area contributed by atoms with Crippen LogP contribution in [-0.2, 0) is 29.2 Å². The maximum absolute atomic E-state index is 14.0. The summed E-state index contributed by atoms with van der Waals surface area (Å²) in [6.45, 7) is 0.420. The molecule has 2 aromatic heterocycles. The van der Waals surface area contributed by atoms with Crippen LogP contribution in [0, 0.1) is 0 Å². The number of rotatable bonds is 10. The van der Waals surface area contributed by atoms with Gasteiger partial charge in [0, 0.05) is 25.5 Å². The topological polar surface area (TPSA) is 102 Å². The normalized spacial score (nSPS) is 11.6. The molecule has 3 aromatic carbocycles. The first kappa shape index (κ1) is 25.6. The van der Waals surface area contributed by atoms with Crippen LogP contribution in [0.4, 0.5) is 0 Å². The number of fused-ring (bicyclic) bond motifs is 1. The van der Waals surface area contributed by atoms with E-state index in [4.69, 9.17) is 4.74 Å². The Morgan fingerprint density at radius 3 is 2.41 bits per heavy atom. The molecular weight excluding hydrogens is 492 g/mol. The molecule has 1 N–H and O–H groups in total. The molecule has 9 nitrogen and oxygen atoms in total. The van der Waals surface area contributed by atoms with Gasteiger partial charge >= 0.3 is 0 Å². The van der Waals surface area contributed by atoms with Crippen LogP contribution in [0.25, 0.3) is 11.0 Å². The molecule has 0 fully saturated rings. The second-order valence-corrected chi connectivity index (χ2v) is 9.00. The van der Waals surface area contributed by atoms with E-state index in [1.165, 1.54) is 0 Å². The van der Waals surface area contributed by atoms with Gasteiger partial charge in [-0.3, -0.25) is 14.6 Å². The number of benzene rings is 3. The Hall–Kier alpha value is -5.05. The Morgan fingerprint density at radius 2 is 1.67 bits per heavy atom. The number of nitrogens with zero attached hydrogens (tertiary/aromatic N) is 5. The Morgan fingerprint density at radius 1 is 0.923 bits per heavy atom. The first-order chi connectivity index (χ1) is 19.1. The lowest BCUT2D eigenvalue weighted by molar-refractivity contribution is -0.142. The van der Waals surface area contributed by atoms with Crippen LogP contribution < -0.4 is 10.1 Å². The molecule has 5 aromatic rings. The molecule has 5 rings (SSSR count). The maximum Gasteiger partial charge on any atom is 0.247 e. The summed E-state index contributed by atoms with van der Waals surface area (Å²) in [6, 6.07) is 27.0. The first-order valence-electron chi connectivity index (χ1n) is 12.5. The van der Waals surface area contributed by atoms with Gasteiger partial charge in [0.2, 0.25) is 11.8 Å². The van der Waals surface area contributed by atoms with Gasteiger partial charge in [0.1, 0.15) is 23.9 Å². The van der Waals surface area contributed by atoms with Crippen molar-refractivity contribution in [2.45, 2.75) is 25.7 Å². The third-order valence-electron chi connectivity index (χ3n) is 6.40. The van der Waals surface area contributed by atoms with Gasteiger partial charge in [-0.25, -0.2) is 4.68 Å². The van der Waals surface area contributed by atoms with Gasteiger partial charge in [0.25, 0.3) is 0 Å². The average molecular weight is 521 g/mol. The highest BCUT2D eigenvalue weighted by molar-refractivity contribution is 5.89. The average Bonchev–Trinajstić information content (AvgIpc) is 3.39. The molecule has 0 saturated heterocycles. The maximum atomic E-state index is 14.0. The fraction of sp³-hybridized carbons (Fsp3) is 0.167. The molecule has 0 aliphatic heterocycles. The number of aromatic nitrogens is 4. The lowest BCUT2D eigenvalue weighted by Gasteiger charge is -2.31. The number of carbonyl (C=O) groups is 2. The Bertz CT molecular complexity index is 1540. The summed E-state index contributed by atoms with van der Waals surface area (Å²) < 4.78 is 6.88. The molecule has 196 valence electrons. The summed E-state index contributed by atoms with van der Waals surface area (Å²) in [5, 5.41) is 11.4. The molecule has 39 heavy (non-hydrogen) atoms. The predicted octanol–water partition coefficient (Wildman–Crippen LogP) is 3.92. The SMILES string of the molecule is COc1ccc([C@H](C(=O)NCc2ccccc2)N(Cc2cccnc2)C(=O)Cn2nnc3ccccc32)cc1. The van der Waals surface area contributed by atoms with Crippen LogP contribution >= 0.6 is 0 Å². The van der Waals surface area contributed by atoms with E-state index in [0.717, 1.165) is 16.6 Å². The number of para-hydroxylation sites is 1. The zero-order valence-electron chi connectivity index (χ0n) is 21.5. The van der Waals surface area contributed by atoms with E-state index in [1.54, 1.807) is 59.4 Å². The third-order valence-corrected chi connectivity index (χ3v) is 6.40. The quantitative estimate of drug-likeness (QED) is 0.300. The van der Waals surface area contributed by atoms with Crippen LogP contribution in [0.5, 0.6) is 5.75 Å². The van der Waals surface area contributed by atoms with Crippen molar-refractivity contribution in [2.24, 2.45) is 0 Å². The minimum atomic E-state index is -0.915. The Balaban J connectivity index is 1.51. The molecule has 2 amide bonds. The molecular formula is C30H28N6O3. The van der Waals surface area contributed by atoms with Crippen molar-refractivity contribution >= 4 is 22.8 Å². The smallest absolute Gasteiger partial charge is 0.247 e. The molecule has 0 radical (unpaired) electrons. The van der Waals surface area contributed by atoms with Crippen molar-refractivity contribution in [3.63, 3.8) is 0 Å². The zero-order valence-corrected chi connectivity index (χ0v) is 21.5. The van der Waals surface area contributed by atoms with Gasteiger partial charge < -0.3 is 15.0 Å². The number of pyridine rings is 1. The van der Waals surface area contributed by atoms with Crippen LogP contribution in [0.15, 0.2) is 103 Å². The summed E-state index contributed by atoms with van der Waals surface area (Å²) in [4.78, 5) is 33.6.